The fourth-order valence-electron chi connectivity index (χ4n) is 3.50. The van der Waals surface area contributed by atoms with Crippen LogP contribution in [-0.4, -0.2) is 59.5 Å². The molecule has 0 spiro atoms. The van der Waals surface area contributed by atoms with E-state index in [1.165, 1.54) is 35.0 Å². The predicted molar refractivity (Wildman–Crippen MR) is 105 cm³/mol. The molecule has 1 amide bonds. The number of halogens is 3. The molecule has 7 nitrogen and oxygen atoms in total. The lowest BCUT2D eigenvalue weighted by molar-refractivity contribution is -0.141. The summed E-state index contributed by atoms with van der Waals surface area (Å²) in [6, 6.07) is 4.74. The summed E-state index contributed by atoms with van der Waals surface area (Å²) >= 11 is 0. The number of benzene rings is 1. The van der Waals surface area contributed by atoms with Crippen molar-refractivity contribution in [2.45, 2.75) is 38.5 Å². The van der Waals surface area contributed by atoms with Gasteiger partial charge in [0.1, 0.15) is 0 Å². The first-order valence-corrected chi connectivity index (χ1v) is 9.90. The molecule has 1 aliphatic rings. The highest BCUT2D eigenvalue weighted by Crippen LogP contribution is 2.30. The molecular weight excluding hydrogens is 415 g/mol. The molecular formula is C21H24F3N3O4. The van der Waals surface area contributed by atoms with E-state index in [0.29, 0.717) is 18.8 Å². The van der Waals surface area contributed by atoms with Gasteiger partial charge in [0.25, 0.3) is 5.91 Å². The Labute approximate surface area is 177 Å². The smallest absolute Gasteiger partial charge is 0.416 e. The van der Waals surface area contributed by atoms with E-state index in [1.807, 2.05) is 0 Å². The van der Waals surface area contributed by atoms with Crippen LogP contribution < -0.4 is 0 Å². The number of alkyl halides is 3. The van der Waals surface area contributed by atoms with E-state index in [2.05, 4.69) is 9.84 Å². The Balaban J connectivity index is 1.85. The van der Waals surface area contributed by atoms with Gasteiger partial charge in [0.05, 0.1) is 48.3 Å². The van der Waals surface area contributed by atoms with Crippen molar-refractivity contribution in [1.82, 2.24) is 14.7 Å². The summed E-state index contributed by atoms with van der Waals surface area (Å²) in [5.41, 5.74) is 0.0532. The highest BCUT2D eigenvalue weighted by molar-refractivity contribution is 5.95. The third kappa shape index (κ3) is 5.43. The van der Waals surface area contributed by atoms with E-state index < -0.39 is 17.7 Å². The van der Waals surface area contributed by atoms with Crippen LogP contribution in [0.2, 0.25) is 0 Å². The van der Waals surface area contributed by atoms with Gasteiger partial charge in [-0.1, -0.05) is 6.07 Å². The number of amides is 1. The maximum atomic E-state index is 13.2. The molecule has 1 aromatic heterocycles. The number of esters is 1. The molecule has 0 aliphatic carbocycles. The molecule has 0 saturated carbocycles. The second-order valence-corrected chi connectivity index (χ2v) is 7.32. The van der Waals surface area contributed by atoms with Gasteiger partial charge in [-0.3, -0.25) is 9.59 Å². The first-order valence-electron chi connectivity index (χ1n) is 9.90. The van der Waals surface area contributed by atoms with Crippen LogP contribution >= 0.6 is 0 Å². The number of nitrogens with zero attached hydrogens (tertiary/aromatic N) is 3. The van der Waals surface area contributed by atoms with Crippen molar-refractivity contribution in [3.63, 3.8) is 0 Å². The van der Waals surface area contributed by atoms with Crippen molar-refractivity contribution in [2.75, 3.05) is 26.8 Å². The van der Waals surface area contributed by atoms with E-state index in [4.69, 9.17) is 4.74 Å². The van der Waals surface area contributed by atoms with E-state index in [-0.39, 0.29) is 36.2 Å². The predicted octanol–water partition coefficient (Wildman–Crippen LogP) is 3.38. The van der Waals surface area contributed by atoms with Crippen LogP contribution in [0, 0.1) is 6.92 Å². The molecule has 0 bridgehead atoms. The summed E-state index contributed by atoms with van der Waals surface area (Å²) in [6.45, 7) is 2.69. The minimum absolute atomic E-state index is 0.0236. The second kappa shape index (κ2) is 9.51. The fraction of sp³-hybridized carbons (Fsp3) is 0.476. The van der Waals surface area contributed by atoms with Gasteiger partial charge >= 0.3 is 12.1 Å². The van der Waals surface area contributed by atoms with Crippen molar-refractivity contribution in [3.05, 3.63) is 47.3 Å². The minimum Gasteiger partial charge on any atom is -0.469 e. The Hall–Kier alpha value is -2.88. The number of hydrogen-bond acceptors (Lipinski definition) is 5. The summed E-state index contributed by atoms with van der Waals surface area (Å²) in [6.07, 6.45) is -1.54. The third-order valence-corrected chi connectivity index (χ3v) is 5.21. The number of carbonyl (C=O) groups is 2. The van der Waals surface area contributed by atoms with Gasteiger partial charge in [-0.2, -0.15) is 18.3 Å². The van der Waals surface area contributed by atoms with Crippen molar-refractivity contribution in [2.24, 2.45) is 0 Å². The molecule has 1 atom stereocenters. The highest BCUT2D eigenvalue weighted by Gasteiger charge is 2.31. The van der Waals surface area contributed by atoms with Crippen molar-refractivity contribution in [3.8, 4) is 5.69 Å². The normalized spacial score (nSPS) is 16.4. The summed E-state index contributed by atoms with van der Waals surface area (Å²) in [5, 5.41) is 4.13. The second-order valence-electron chi connectivity index (χ2n) is 7.32. The summed E-state index contributed by atoms with van der Waals surface area (Å²) in [4.78, 5) is 26.3. The van der Waals surface area contributed by atoms with Gasteiger partial charge in [-0.15, -0.1) is 0 Å². The number of methoxy groups -OCH3 is 1. The zero-order valence-electron chi connectivity index (χ0n) is 17.3. The number of ether oxygens (including phenoxy) is 2. The monoisotopic (exact) mass is 439 g/mol. The summed E-state index contributed by atoms with van der Waals surface area (Å²) < 4.78 is 50.7. The SMILES string of the molecule is COC(=O)CCN(CC1CCCO1)C(=O)c1cnn(-c2cccc(C(F)(F)F)c2)c1C. The van der Waals surface area contributed by atoms with Crippen LogP contribution in [0.1, 0.15) is 40.9 Å². The molecule has 1 unspecified atom stereocenters. The molecule has 31 heavy (non-hydrogen) atoms. The van der Waals surface area contributed by atoms with Crippen LogP contribution in [0.5, 0.6) is 0 Å². The van der Waals surface area contributed by atoms with E-state index >= 15 is 0 Å². The van der Waals surface area contributed by atoms with Gasteiger partial charge in [0.15, 0.2) is 0 Å². The maximum absolute atomic E-state index is 13.2. The van der Waals surface area contributed by atoms with Crippen LogP contribution in [-0.2, 0) is 20.4 Å². The Kier molecular flexibility index (Phi) is 6.99. The zero-order valence-corrected chi connectivity index (χ0v) is 17.3. The molecule has 1 aromatic carbocycles. The molecule has 1 saturated heterocycles. The number of carbonyl (C=O) groups excluding carboxylic acids is 2. The molecule has 3 rings (SSSR count). The Bertz CT molecular complexity index is 936. The number of aromatic nitrogens is 2. The lowest BCUT2D eigenvalue weighted by atomic mass is 10.1. The minimum atomic E-state index is -4.48. The first-order chi connectivity index (χ1) is 14.7. The van der Waals surface area contributed by atoms with Gasteiger partial charge in [-0.25, -0.2) is 4.68 Å². The van der Waals surface area contributed by atoms with Gasteiger partial charge in [0, 0.05) is 19.7 Å². The van der Waals surface area contributed by atoms with Crippen molar-refractivity contribution in [1.29, 1.82) is 0 Å². The van der Waals surface area contributed by atoms with Crippen molar-refractivity contribution < 1.29 is 32.2 Å². The Morgan fingerprint density at radius 2 is 2.13 bits per heavy atom. The third-order valence-electron chi connectivity index (χ3n) is 5.21. The summed E-state index contributed by atoms with van der Waals surface area (Å²) in [5.74, 6) is -0.809. The van der Waals surface area contributed by atoms with Gasteiger partial charge < -0.3 is 14.4 Å². The Morgan fingerprint density at radius 3 is 2.77 bits per heavy atom. The van der Waals surface area contributed by atoms with Crippen LogP contribution in [0.3, 0.4) is 0 Å². The van der Waals surface area contributed by atoms with Crippen LogP contribution in [0.15, 0.2) is 30.5 Å². The molecule has 10 heteroatoms. The topological polar surface area (TPSA) is 73.7 Å². The van der Waals surface area contributed by atoms with Gasteiger partial charge in [-0.05, 0) is 38.0 Å². The molecule has 0 radical (unpaired) electrons. The lowest BCUT2D eigenvalue weighted by Crippen LogP contribution is -2.39. The standard InChI is InChI=1S/C21H24F3N3O4/c1-14-18(12-25-27(14)16-6-3-5-15(11-16)21(22,23)24)20(29)26(9-8-19(28)30-2)13-17-7-4-10-31-17/h3,5-6,11-12,17H,4,7-10,13H2,1-2H3. The number of rotatable bonds is 7. The number of hydrogen-bond donors (Lipinski definition) is 0. The average molecular weight is 439 g/mol. The van der Waals surface area contributed by atoms with E-state index in [9.17, 15) is 22.8 Å². The molecule has 2 aromatic rings. The quantitative estimate of drug-likeness (QED) is 0.619. The molecule has 168 valence electrons. The average Bonchev–Trinajstić information content (AvgIpc) is 3.39. The van der Waals surface area contributed by atoms with Crippen molar-refractivity contribution >= 4 is 11.9 Å². The van der Waals surface area contributed by atoms with E-state index in [0.717, 1.165) is 25.0 Å². The first kappa shape index (κ1) is 22.8. The summed E-state index contributed by atoms with van der Waals surface area (Å²) in [7, 11) is 1.28. The molecule has 1 aliphatic heterocycles. The van der Waals surface area contributed by atoms with Crippen LogP contribution in [0.25, 0.3) is 5.69 Å². The highest BCUT2D eigenvalue weighted by atomic mass is 19.4. The largest absolute Gasteiger partial charge is 0.469 e. The zero-order chi connectivity index (χ0) is 22.6. The molecule has 2 heterocycles. The Morgan fingerprint density at radius 1 is 1.35 bits per heavy atom. The maximum Gasteiger partial charge on any atom is 0.416 e. The van der Waals surface area contributed by atoms with Gasteiger partial charge in [0.2, 0.25) is 0 Å². The lowest BCUT2D eigenvalue weighted by Gasteiger charge is -2.25. The molecule has 0 N–H and O–H groups in total. The molecule has 1 fully saturated rings. The fourth-order valence-corrected chi connectivity index (χ4v) is 3.50. The van der Waals surface area contributed by atoms with E-state index in [1.54, 1.807) is 6.92 Å². The van der Waals surface area contributed by atoms with Crippen LogP contribution in [0.4, 0.5) is 13.2 Å².